The van der Waals surface area contributed by atoms with Gasteiger partial charge in [0.05, 0.1) is 5.60 Å². The molecule has 0 radical (unpaired) electrons. The third-order valence-corrected chi connectivity index (χ3v) is 6.63. The van der Waals surface area contributed by atoms with Crippen molar-refractivity contribution in [1.29, 1.82) is 0 Å². The van der Waals surface area contributed by atoms with Gasteiger partial charge in [-0.25, -0.2) is 13.6 Å². The van der Waals surface area contributed by atoms with Crippen LogP contribution in [-0.4, -0.2) is 71.9 Å². The molecule has 2 saturated heterocycles. The molecular formula is C19H27F5N2O4. The topological polar surface area (TPSA) is 78.9 Å². The molecule has 30 heavy (non-hydrogen) atoms. The Morgan fingerprint density at radius 3 is 2.20 bits per heavy atom. The van der Waals surface area contributed by atoms with Gasteiger partial charge >= 0.3 is 12.1 Å². The summed E-state index contributed by atoms with van der Waals surface area (Å²) in [7, 11) is 0. The minimum atomic E-state index is -5.08. The number of halogens is 5. The molecule has 0 aromatic rings. The number of carboxylic acids is 1. The lowest BCUT2D eigenvalue weighted by molar-refractivity contribution is -0.192. The largest absolute Gasteiger partial charge is 0.490 e. The first kappa shape index (κ1) is 23.2. The molecule has 172 valence electrons. The van der Waals surface area contributed by atoms with Gasteiger partial charge in [-0.2, -0.15) is 13.2 Å². The highest BCUT2D eigenvalue weighted by atomic mass is 19.4. The first-order valence-electron chi connectivity index (χ1n) is 10.3. The first-order chi connectivity index (χ1) is 13.9. The zero-order valence-electron chi connectivity index (χ0n) is 16.5. The van der Waals surface area contributed by atoms with Crippen molar-refractivity contribution in [3.8, 4) is 0 Å². The second kappa shape index (κ2) is 8.57. The van der Waals surface area contributed by atoms with Crippen LogP contribution in [0.15, 0.2) is 0 Å². The van der Waals surface area contributed by atoms with Crippen molar-refractivity contribution in [3.63, 3.8) is 0 Å². The molecule has 4 fully saturated rings. The van der Waals surface area contributed by atoms with E-state index in [4.69, 9.17) is 14.6 Å². The number of carbonyl (C=O) groups is 2. The monoisotopic (exact) mass is 442 g/mol. The number of amides is 1. The summed E-state index contributed by atoms with van der Waals surface area (Å²) in [5.41, 5.74) is 0.00379. The number of ether oxygens (including phenoxy) is 1. The molecule has 2 aliphatic heterocycles. The number of likely N-dealkylation sites (tertiary alicyclic amines) is 1. The van der Waals surface area contributed by atoms with E-state index in [1.807, 2.05) is 0 Å². The fourth-order valence-electron chi connectivity index (χ4n) is 4.55. The molecule has 1 amide bonds. The minimum absolute atomic E-state index is 0.00379. The molecule has 1 atom stereocenters. The highest BCUT2D eigenvalue weighted by Gasteiger charge is 2.54. The van der Waals surface area contributed by atoms with Gasteiger partial charge in [-0.3, -0.25) is 9.69 Å². The fraction of sp³-hybridized carbons (Fsp3) is 0.895. The third kappa shape index (κ3) is 5.22. The predicted molar refractivity (Wildman–Crippen MR) is 95.0 cm³/mol. The van der Waals surface area contributed by atoms with Crippen LogP contribution < -0.4 is 5.32 Å². The van der Waals surface area contributed by atoms with E-state index in [2.05, 4.69) is 10.2 Å². The van der Waals surface area contributed by atoms with Crippen LogP contribution in [0.5, 0.6) is 0 Å². The number of carbonyl (C=O) groups excluding carboxylic acids is 1. The molecule has 0 aromatic carbocycles. The number of hydrogen-bond acceptors (Lipinski definition) is 4. The summed E-state index contributed by atoms with van der Waals surface area (Å²) < 4.78 is 63.4. The lowest BCUT2D eigenvalue weighted by Crippen LogP contribution is -2.68. The van der Waals surface area contributed by atoms with E-state index >= 15 is 0 Å². The third-order valence-electron chi connectivity index (χ3n) is 6.63. The Morgan fingerprint density at radius 2 is 1.73 bits per heavy atom. The van der Waals surface area contributed by atoms with E-state index < -0.39 is 24.0 Å². The first-order valence-corrected chi connectivity index (χ1v) is 10.3. The van der Waals surface area contributed by atoms with Crippen molar-refractivity contribution in [1.82, 2.24) is 10.2 Å². The van der Waals surface area contributed by atoms with E-state index in [-0.39, 0.29) is 24.3 Å². The van der Waals surface area contributed by atoms with E-state index in [0.29, 0.717) is 12.5 Å². The Bertz CT molecular complexity index is 639. The summed E-state index contributed by atoms with van der Waals surface area (Å²) in [6, 6.07) is 0.769. The zero-order valence-corrected chi connectivity index (χ0v) is 16.5. The summed E-state index contributed by atoms with van der Waals surface area (Å²) in [6.45, 7) is 3.46. The Balaban J connectivity index is 0.000000318. The molecule has 0 bridgehead atoms. The second-order valence-electron chi connectivity index (χ2n) is 8.73. The highest BCUT2D eigenvalue weighted by molar-refractivity contribution is 5.79. The normalized spacial score (nSPS) is 28.0. The van der Waals surface area contributed by atoms with E-state index in [9.17, 15) is 26.7 Å². The molecule has 2 heterocycles. The molecule has 2 N–H and O–H groups in total. The Kier molecular flexibility index (Phi) is 6.62. The number of carboxylic acid groups (broad SMARTS) is 1. The van der Waals surface area contributed by atoms with Gasteiger partial charge in [0.2, 0.25) is 11.8 Å². The molecule has 2 saturated carbocycles. The fourth-order valence-corrected chi connectivity index (χ4v) is 4.55. The number of aliphatic carboxylic acids is 1. The Hall–Kier alpha value is -1.49. The summed E-state index contributed by atoms with van der Waals surface area (Å²) in [6.07, 6.45) is 0.289. The van der Waals surface area contributed by atoms with Crippen LogP contribution in [0.3, 0.4) is 0 Å². The molecule has 4 aliphatic rings. The number of nitrogens with one attached hydrogen (secondary N) is 1. The molecule has 4 rings (SSSR count). The molecule has 1 spiro atoms. The second-order valence-corrected chi connectivity index (χ2v) is 8.73. The van der Waals surface area contributed by atoms with E-state index in [1.165, 1.54) is 19.3 Å². The molecule has 2 aliphatic carbocycles. The number of nitrogens with zero attached hydrogens (tertiary/aromatic N) is 1. The van der Waals surface area contributed by atoms with E-state index in [1.54, 1.807) is 0 Å². The highest BCUT2D eigenvalue weighted by Crippen LogP contribution is 2.45. The number of rotatable bonds is 5. The average Bonchev–Trinajstić information content (AvgIpc) is 2.94. The standard InChI is InChI=1S/C17H26F2N2O2.C2HF3O2/c18-17(19)8-12(9-17)15(22)20-6-4-13-5-7-23-16(13)10-21(11-16)14-2-1-3-14;3-2(4,5)1(6)7/h12-14H,1-11H2,(H,20,22);(H,6,7). The van der Waals surface area contributed by atoms with Crippen LogP contribution in [0, 0.1) is 11.8 Å². The van der Waals surface area contributed by atoms with Gasteiger partial charge in [0.1, 0.15) is 0 Å². The predicted octanol–water partition coefficient (Wildman–Crippen LogP) is 2.81. The Morgan fingerprint density at radius 1 is 1.13 bits per heavy atom. The van der Waals surface area contributed by atoms with Gasteiger partial charge in [0.25, 0.3) is 0 Å². The lowest BCUT2D eigenvalue weighted by atomic mass is 9.76. The molecule has 1 unspecified atom stereocenters. The van der Waals surface area contributed by atoms with Crippen LogP contribution in [0.2, 0.25) is 0 Å². The van der Waals surface area contributed by atoms with Gasteiger partial charge in [-0.15, -0.1) is 0 Å². The summed E-state index contributed by atoms with van der Waals surface area (Å²) in [5.74, 6) is -5.58. The van der Waals surface area contributed by atoms with Crippen LogP contribution >= 0.6 is 0 Å². The average molecular weight is 442 g/mol. The van der Waals surface area contributed by atoms with E-state index in [0.717, 1.165) is 38.6 Å². The smallest absolute Gasteiger partial charge is 0.475 e. The van der Waals surface area contributed by atoms with Gasteiger partial charge in [-0.05, 0) is 31.6 Å². The minimum Gasteiger partial charge on any atom is -0.475 e. The maximum atomic E-state index is 12.8. The SMILES string of the molecule is O=C(NCCC1CCOC12CN(C1CCC1)C2)C1CC(F)(F)C1.O=C(O)C(F)(F)F. The van der Waals surface area contributed by atoms with Gasteiger partial charge in [0.15, 0.2) is 0 Å². The van der Waals surface area contributed by atoms with Crippen LogP contribution in [0.1, 0.15) is 44.9 Å². The van der Waals surface area contributed by atoms with Crippen LogP contribution in [0.25, 0.3) is 0 Å². The maximum absolute atomic E-state index is 12.8. The Labute approximate surface area is 171 Å². The molecule has 11 heteroatoms. The number of alkyl halides is 5. The van der Waals surface area contributed by atoms with Crippen molar-refractivity contribution < 1.29 is 41.4 Å². The molecule has 0 aromatic heterocycles. The van der Waals surface area contributed by atoms with Gasteiger partial charge in [-0.1, -0.05) is 6.42 Å². The van der Waals surface area contributed by atoms with Crippen molar-refractivity contribution in [2.45, 2.75) is 68.7 Å². The molecule has 6 nitrogen and oxygen atoms in total. The lowest BCUT2D eigenvalue weighted by Gasteiger charge is -2.55. The number of hydrogen-bond donors (Lipinski definition) is 2. The van der Waals surface area contributed by atoms with Crippen LogP contribution in [0.4, 0.5) is 22.0 Å². The molecular weight excluding hydrogens is 415 g/mol. The zero-order chi connectivity index (χ0) is 22.2. The van der Waals surface area contributed by atoms with Crippen molar-refractivity contribution in [2.24, 2.45) is 11.8 Å². The summed E-state index contributed by atoms with van der Waals surface area (Å²) in [4.78, 5) is 23.3. The summed E-state index contributed by atoms with van der Waals surface area (Å²) in [5, 5.41) is 9.98. The quantitative estimate of drug-likeness (QED) is 0.641. The summed E-state index contributed by atoms with van der Waals surface area (Å²) >= 11 is 0. The van der Waals surface area contributed by atoms with Crippen molar-refractivity contribution >= 4 is 11.9 Å². The van der Waals surface area contributed by atoms with Gasteiger partial charge in [0, 0.05) is 51.0 Å². The maximum Gasteiger partial charge on any atom is 0.490 e. The van der Waals surface area contributed by atoms with Crippen molar-refractivity contribution in [3.05, 3.63) is 0 Å². The van der Waals surface area contributed by atoms with Crippen LogP contribution in [-0.2, 0) is 14.3 Å². The van der Waals surface area contributed by atoms with Crippen molar-refractivity contribution in [2.75, 3.05) is 26.2 Å². The van der Waals surface area contributed by atoms with Gasteiger partial charge < -0.3 is 15.2 Å².